The number of rotatable bonds is 1. The normalized spacial score (nSPS) is 9.17. The molecule has 2 N–H and O–H groups in total. The molecule has 1 heterocycles. The topological polar surface area (TPSA) is 129 Å². The Kier molecular flexibility index (Phi) is 4.84. The SMILES string of the molecule is NN=S(=O)=O.O=Cc1c[n+]([O-])c2ccccc2n1. The van der Waals surface area contributed by atoms with Gasteiger partial charge in [0.1, 0.15) is 5.52 Å². The molecule has 2 rings (SSSR count). The third-order valence-electron chi connectivity index (χ3n) is 1.83. The van der Waals surface area contributed by atoms with Gasteiger partial charge in [0, 0.05) is 6.07 Å². The van der Waals surface area contributed by atoms with E-state index < -0.39 is 10.5 Å². The van der Waals surface area contributed by atoms with E-state index in [1.54, 1.807) is 24.3 Å². The second kappa shape index (κ2) is 6.37. The summed E-state index contributed by atoms with van der Waals surface area (Å²) in [6, 6.07) is 6.86. The van der Waals surface area contributed by atoms with Crippen molar-refractivity contribution in [2.75, 3.05) is 0 Å². The molecule has 1 aromatic heterocycles. The lowest BCUT2D eigenvalue weighted by molar-refractivity contribution is -0.577. The first-order valence-electron chi connectivity index (χ1n) is 4.53. The van der Waals surface area contributed by atoms with Crippen molar-refractivity contribution in [2.45, 2.75) is 0 Å². The van der Waals surface area contributed by atoms with E-state index in [0.717, 1.165) is 6.20 Å². The summed E-state index contributed by atoms with van der Waals surface area (Å²) in [5.41, 5.74) is 1.14. The molecule has 0 fully saturated rings. The number of hydrogen-bond donors (Lipinski definition) is 1. The lowest BCUT2D eigenvalue weighted by atomic mass is 10.3. The average Bonchev–Trinajstić information content (AvgIpc) is 2.39. The molecule has 0 aliphatic heterocycles. The Balaban J connectivity index is 0.000000280. The standard InChI is InChI=1S/C9H6N2O2.H2N2O2S/c12-6-7-5-11(13)9-4-2-1-3-8(9)10-7;1-2-5(3)4/h1-6H;1H2. The van der Waals surface area contributed by atoms with E-state index in [9.17, 15) is 10.0 Å². The number of hydrogen-bond acceptors (Lipinski definition) is 6. The minimum Gasteiger partial charge on any atom is -0.618 e. The van der Waals surface area contributed by atoms with Gasteiger partial charge in [0.15, 0.2) is 12.0 Å². The Bertz CT molecular complexity index is 691. The van der Waals surface area contributed by atoms with Crippen LogP contribution in [0, 0.1) is 5.21 Å². The Labute approximate surface area is 103 Å². The summed E-state index contributed by atoms with van der Waals surface area (Å²) in [5.74, 6) is 4.18. The molecule has 0 saturated heterocycles. The molecule has 2 aromatic rings. The zero-order valence-electron chi connectivity index (χ0n) is 8.92. The summed E-state index contributed by atoms with van der Waals surface area (Å²) in [6.07, 6.45) is 1.72. The molecule has 0 atom stereocenters. The number of aromatic nitrogens is 2. The smallest absolute Gasteiger partial charge is 0.327 e. The number of nitrogens with zero attached hydrogens (tertiary/aromatic N) is 3. The minimum atomic E-state index is -2.42. The number of para-hydroxylation sites is 2. The van der Waals surface area contributed by atoms with E-state index >= 15 is 0 Å². The van der Waals surface area contributed by atoms with Crippen LogP contribution in [0.3, 0.4) is 0 Å². The monoisotopic (exact) mass is 268 g/mol. The fraction of sp³-hybridized carbons (Fsp3) is 0. The third kappa shape index (κ3) is 3.57. The zero-order valence-corrected chi connectivity index (χ0v) is 9.74. The van der Waals surface area contributed by atoms with Gasteiger partial charge in [-0.25, -0.2) is 10.8 Å². The van der Waals surface area contributed by atoms with Gasteiger partial charge in [-0.1, -0.05) is 16.6 Å². The number of benzene rings is 1. The van der Waals surface area contributed by atoms with E-state index in [-0.39, 0.29) is 5.69 Å². The number of nitrogens with two attached hydrogens (primary N) is 1. The number of fused-ring (bicyclic) bond motifs is 1. The van der Waals surface area contributed by atoms with Crippen LogP contribution >= 0.6 is 0 Å². The Morgan fingerprint density at radius 3 is 2.56 bits per heavy atom. The maximum absolute atomic E-state index is 11.3. The van der Waals surface area contributed by atoms with Crippen molar-refractivity contribution in [3.05, 3.63) is 41.4 Å². The highest BCUT2D eigenvalue weighted by atomic mass is 32.2. The van der Waals surface area contributed by atoms with Crippen molar-refractivity contribution >= 4 is 27.8 Å². The quantitative estimate of drug-likeness (QED) is 0.246. The summed E-state index contributed by atoms with van der Waals surface area (Å²) >= 11 is 0. The molecule has 0 unspecified atom stereocenters. The van der Waals surface area contributed by atoms with E-state index in [4.69, 9.17) is 8.42 Å². The van der Waals surface area contributed by atoms with Gasteiger partial charge in [-0.2, -0.15) is 13.1 Å². The van der Waals surface area contributed by atoms with E-state index in [1.807, 2.05) is 0 Å². The van der Waals surface area contributed by atoms with Crippen molar-refractivity contribution < 1.29 is 17.9 Å². The second-order valence-electron chi connectivity index (χ2n) is 2.92. The van der Waals surface area contributed by atoms with Crippen molar-refractivity contribution in [1.82, 2.24) is 4.98 Å². The van der Waals surface area contributed by atoms with E-state index in [0.29, 0.717) is 22.0 Å². The summed E-state index contributed by atoms with van der Waals surface area (Å²) < 4.78 is 21.1. The van der Waals surface area contributed by atoms with Crippen LogP contribution in [0.4, 0.5) is 0 Å². The Morgan fingerprint density at radius 2 is 2.00 bits per heavy atom. The van der Waals surface area contributed by atoms with Gasteiger partial charge in [-0.05, 0) is 6.07 Å². The average molecular weight is 268 g/mol. The molecular formula is C9H8N4O4S. The molecule has 94 valence electrons. The van der Waals surface area contributed by atoms with Crippen molar-refractivity contribution in [3.8, 4) is 0 Å². The number of carbonyl (C=O) groups is 1. The van der Waals surface area contributed by atoms with Gasteiger partial charge in [-0.3, -0.25) is 4.79 Å². The van der Waals surface area contributed by atoms with E-state index in [1.165, 1.54) is 0 Å². The first-order valence-corrected chi connectivity index (χ1v) is 5.56. The Morgan fingerprint density at radius 1 is 1.39 bits per heavy atom. The van der Waals surface area contributed by atoms with Gasteiger partial charge in [0.05, 0.1) is 0 Å². The van der Waals surface area contributed by atoms with Crippen LogP contribution in [0.5, 0.6) is 0 Å². The first-order chi connectivity index (χ1) is 8.58. The third-order valence-corrected chi connectivity index (χ3v) is 2.00. The molecule has 9 heteroatoms. The van der Waals surface area contributed by atoms with Gasteiger partial charge in [0.2, 0.25) is 11.7 Å². The van der Waals surface area contributed by atoms with Crippen LogP contribution in [-0.4, -0.2) is 19.7 Å². The second-order valence-corrected chi connectivity index (χ2v) is 3.57. The molecule has 0 radical (unpaired) electrons. The minimum absolute atomic E-state index is 0.147. The van der Waals surface area contributed by atoms with Crippen molar-refractivity contribution in [3.63, 3.8) is 0 Å². The molecule has 0 saturated carbocycles. The molecular weight excluding hydrogens is 260 g/mol. The van der Waals surface area contributed by atoms with Crippen LogP contribution in [0.1, 0.15) is 10.5 Å². The van der Waals surface area contributed by atoms with Crippen molar-refractivity contribution in [2.24, 2.45) is 10.3 Å². The highest BCUT2D eigenvalue weighted by Crippen LogP contribution is 2.05. The Hall–Kier alpha value is -2.39. The van der Waals surface area contributed by atoms with E-state index in [2.05, 4.69) is 15.3 Å². The lowest BCUT2D eigenvalue weighted by Gasteiger charge is -2.00. The predicted octanol–water partition coefficient (Wildman–Crippen LogP) is -0.397. The molecule has 8 nitrogen and oxygen atoms in total. The summed E-state index contributed by atoms with van der Waals surface area (Å²) in [6.45, 7) is 0. The number of aldehydes is 1. The van der Waals surface area contributed by atoms with Gasteiger partial charge >= 0.3 is 10.5 Å². The fourth-order valence-corrected chi connectivity index (χ4v) is 1.16. The van der Waals surface area contributed by atoms with Gasteiger partial charge in [0.25, 0.3) is 0 Å². The molecule has 0 spiro atoms. The summed E-state index contributed by atoms with van der Waals surface area (Å²) in [4.78, 5) is 14.4. The number of carbonyl (C=O) groups excluding carboxylic acids is 1. The summed E-state index contributed by atoms with van der Waals surface area (Å²) in [7, 11) is -2.42. The van der Waals surface area contributed by atoms with Crippen LogP contribution in [0.25, 0.3) is 11.0 Å². The van der Waals surface area contributed by atoms with Crippen LogP contribution in [-0.2, 0) is 10.5 Å². The maximum Gasteiger partial charge on any atom is 0.327 e. The largest absolute Gasteiger partial charge is 0.618 e. The van der Waals surface area contributed by atoms with Crippen LogP contribution < -0.4 is 10.6 Å². The van der Waals surface area contributed by atoms with Crippen LogP contribution in [0.15, 0.2) is 34.9 Å². The first kappa shape index (κ1) is 13.7. The molecule has 0 aliphatic carbocycles. The maximum atomic E-state index is 11.3. The summed E-state index contributed by atoms with van der Waals surface area (Å²) in [5, 5.41) is 11.3. The van der Waals surface area contributed by atoms with Gasteiger partial charge < -0.3 is 5.21 Å². The molecule has 0 amide bonds. The molecule has 0 aliphatic rings. The molecule has 18 heavy (non-hydrogen) atoms. The van der Waals surface area contributed by atoms with Gasteiger partial charge in [-0.15, -0.1) is 0 Å². The predicted molar refractivity (Wildman–Crippen MR) is 61.6 cm³/mol. The highest BCUT2D eigenvalue weighted by molar-refractivity contribution is 7.61. The van der Waals surface area contributed by atoms with Crippen LogP contribution in [0.2, 0.25) is 0 Å². The van der Waals surface area contributed by atoms with Crippen molar-refractivity contribution in [1.29, 1.82) is 0 Å². The highest BCUT2D eigenvalue weighted by Gasteiger charge is 2.05. The molecule has 0 bridgehead atoms. The molecule has 1 aromatic carbocycles. The zero-order chi connectivity index (χ0) is 13.5. The lowest BCUT2D eigenvalue weighted by Crippen LogP contribution is -2.27. The fourth-order valence-electron chi connectivity index (χ4n) is 1.16.